The molecule has 0 saturated carbocycles. The van der Waals surface area contributed by atoms with Crippen molar-refractivity contribution in [2.24, 2.45) is 0 Å². The number of sulfonamides is 1. The Balaban J connectivity index is 1.90. The second-order valence-electron chi connectivity index (χ2n) is 6.56. The number of hydrogen-bond donors (Lipinski definition) is 1. The van der Waals surface area contributed by atoms with Gasteiger partial charge in [0.1, 0.15) is 5.82 Å². The molecule has 2 aliphatic heterocycles. The van der Waals surface area contributed by atoms with Crippen molar-refractivity contribution in [3.05, 3.63) is 29.6 Å². The molecule has 2 heterocycles. The number of piperazine rings is 1. The summed E-state index contributed by atoms with van der Waals surface area (Å²) >= 11 is 0. The van der Waals surface area contributed by atoms with E-state index < -0.39 is 26.7 Å². The summed E-state index contributed by atoms with van der Waals surface area (Å²) in [6, 6.07) is 2.72. The molecule has 148 valence electrons. The first-order valence-electron chi connectivity index (χ1n) is 8.73. The summed E-state index contributed by atoms with van der Waals surface area (Å²) in [5.74, 6) is -1.67. The summed E-state index contributed by atoms with van der Waals surface area (Å²) in [4.78, 5) is 25.4. The van der Waals surface area contributed by atoms with E-state index in [0.29, 0.717) is 25.9 Å². The van der Waals surface area contributed by atoms with Crippen LogP contribution >= 0.6 is 0 Å². The molecule has 1 amide bonds. The van der Waals surface area contributed by atoms with Crippen molar-refractivity contribution < 1.29 is 27.1 Å². The molecule has 1 unspecified atom stereocenters. The average Bonchev–Trinajstić information content (AvgIpc) is 2.67. The second kappa shape index (κ2) is 7.91. The number of benzene rings is 1. The third-order valence-electron chi connectivity index (χ3n) is 4.89. The molecule has 27 heavy (non-hydrogen) atoms. The van der Waals surface area contributed by atoms with Crippen LogP contribution in [-0.2, 0) is 19.6 Å². The van der Waals surface area contributed by atoms with Crippen LogP contribution in [0.4, 0.5) is 4.39 Å². The number of hydrogen-bond acceptors (Lipinski definition) is 6. The molecule has 0 aliphatic carbocycles. The topological polar surface area (TPSA) is 96.0 Å². The van der Waals surface area contributed by atoms with Crippen LogP contribution in [-0.4, -0.2) is 75.4 Å². The average molecular weight is 399 g/mol. The zero-order valence-corrected chi connectivity index (χ0v) is 15.8. The van der Waals surface area contributed by atoms with Gasteiger partial charge in [-0.3, -0.25) is 4.79 Å². The van der Waals surface area contributed by atoms with Crippen molar-refractivity contribution in [3.63, 3.8) is 0 Å². The smallest absolute Gasteiger partial charge is 0.339 e. The third-order valence-corrected chi connectivity index (χ3v) is 6.80. The van der Waals surface area contributed by atoms with Crippen LogP contribution in [0, 0.1) is 5.82 Å². The van der Waals surface area contributed by atoms with Crippen LogP contribution in [0.5, 0.6) is 0 Å². The zero-order chi connectivity index (χ0) is 19.6. The molecule has 0 aromatic heterocycles. The van der Waals surface area contributed by atoms with Crippen molar-refractivity contribution in [2.75, 3.05) is 39.8 Å². The van der Waals surface area contributed by atoms with E-state index in [1.54, 1.807) is 4.90 Å². The number of piperidine rings is 1. The molecule has 3 rings (SSSR count). The number of rotatable bonds is 4. The minimum Gasteiger partial charge on any atom is -0.465 e. The van der Waals surface area contributed by atoms with E-state index >= 15 is 0 Å². The van der Waals surface area contributed by atoms with E-state index in [9.17, 15) is 22.4 Å². The number of halogens is 1. The highest BCUT2D eigenvalue weighted by molar-refractivity contribution is 7.89. The summed E-state index contributed by atoms with van der Waals surface area (Å²) in [5.41, 5.74) is -0.209. The number of nitrogens with zero attached hydrogens (tertiary/aromatic N) is 2. The van der Waals surface area contributed by atoms with Gasteiger partial charge < -0.3 is 15.0 Å². The van der Waals surface area contributed by atoms with Gasteiger partial charge in [-0.05, 0) is 31.0 Å². The lowest BCUT2D eigenvalue weighted by Crippen LogP contribution is -2.57. The Hall–Kier alpha value is -2.04. The molecule has 2 fully saturated rings. The monoisotopic (exact) mass is 399 g/mol. The van der Waals surface area contributed by atoms with E-state index in [1.165, 1.54) is 4.31 Å². The molecule has 2 aliphatic rings. The lowest BCUT2D eigenvalue weighted by Gasteiger charge is -2.40. The molecule has 2 saturated heterocycles. The standard InChI is InChI=1S/C17H22FN3O5S/c1-26-17(23)14-5-4-12(18)9-15(14)27(24,25)20-7-2-3-13(11-20)21-8-6-19-10-16(21)22/h4-5,9,13,19H,2-3,6-8,10-11H2,1H3. The van der Waals surface area contributed by atoms with Crippen molar-refractivity contribution in [2.45, 2.75) is 23.8 Å². The molecule has 1 aromatic rings. The molecule has 0 bridgehead atoms. The van der Waals surface area contributed by atoms with Crippen LogP contribution in [0.3, 0.4) is 0 Å². The van der Waals surface area contributed by atoms with Crippen LogP contribution in [0.15, 0.2) is 23.1 Å². The number of carbonyl (C=O) groups excluding carboxylic acids is 2. The van der Waals surface area contributed by atoms with Crippen LogP contribution in [0.1, 0.15) is 23.2 Å². The maximum atomic E-state index is 13.7. The molecule has 1 N–H and O–H groups in total. The van der Waals surface area contributed by atoms with Gasteiger partial charge in [0.15, 0.2) is 0 Å². The van der Waals surface area contributed by atoms with Gasteiger partial charge in [-0.2, -0.15) is 4.31 Å². The van der Waals surface area contributed by atoms with E-state index in [4.69, 9.17) is 0 Å². The van der Waals surface area contributed by atoms with Gasteiger partial charge in [0.2, 0.25) is 15.9 Å². The lowest BCUT2D eigenvalue weighted by atomic mass is 10.1. The summed E-state index contributed by atoms with van der Waals surface area (Å²) < 4.78 is 45.8. The molecular weight excluding hydrogens is 377 g/mol. The minimum absolute atomic E-state index is 0.0634. The third kappa shape index (κ3) is 3.97. The van der Waals surface area contributed by atoms with Crippen molar-refractivity contribution in [1.29, 1.82) is 0 Å². The number of esters is 1. The van der Waals surface area contributed by atoms with Gasteiger partial charge in [0, 0.05) is 32.2 Å². The highest BCUT2D eigenvalue weighted by Crippen LogP contribution is 2.27. The van der Waals surface area contributed by atoms with E-state index in [1.807, 2.05) is 0 Å². The quantitative estimate of drug-likeness (QED) is 0.727. The van der Waals surface area contributed by atoms with Crippen LogP contribution in [0.2, 0.25) is 0 Å². The minimum atomic E-state index is -4.12. The number of nitrogens with one attached hydrogen (secondary N) is 1. The maximum absolute atomic E-state index is 13.7. The first kappa shape index (κ1) is 19.7. The van der Waals surface area contributed by atoms with Crippen molar-refractivity contribution in [1.82, 2.24) is 14.5 Å². The van der Waals surface area contributed by atoms with E-state index in [2.05, 4.69) is 10.1 Å². The Bertz CT molecular complexity index is 845. The van der Waals surface area contributed by atoms with Gasteiger partial charge in [0.05, 0.1) is 24.1 Å². The fourth-order valence-corrected chi connectivity index (χ4v) is 5.23. The van der Waals surface area contributed by atoms with E-state index in [-0.39, 0.29) is 37.1 Å². The SMILES string of the molecule is COC(=O)c1ccc(F)cc1S(=O)(=O)N1CCCC(N2CCNCC2=O)C1. The van der Waals surface area contributed by atoms with Crippen LogP contribution in [0.25, 0.3) is 0 Å². The molecule has 1 aromatic carbocycles. The fraction of sp³-hybridized carbons (Fsp3) is 0.529. The second-order valence-corrected chi connectivity index (χ2v) is 8.46. The summed E-state index contributed by atoms with van der Waals surface area (Å²) in [6.07, 6.45) is 1.27. The normalized spacial score (nSPS) is 21.9. The number of amides is 1. The fourth-order valence-electron chi connectivity index (χ4n) is 3.53. The Morgan fingerprint density at radius 1 is 1.33 bits per heavy atom. The van der Waals surface area contributed by atoms with Gasteiger partial charge in [-0.15, -0.1) is 0 Å². The first-order valence-corrected chi connectivity index (χ1v) is 10.2. The van der Waals surface area contributed by atoms with Crippen LogP contribution < -0.4 is 5.32 Å². The number of methoxy groups -OCH3 is 1. The summed E-state index contributed by atoms with van der Waals surface area (Å²) in [5, 5.41) is 2.99. The Morgan fingerprint density at radius 3 is 2.81 bits per heavy atom. The van der Waals surface area contributed by atoms with Gasteiger partial charge in [0.25, 0.3) is 0 Å². The molecular formula is C17H22FN3O5S. The van der Waals surface area contributed by atoms with Gasteiger partial charge in [-0.1, -0.05) is 0 Å². The predicted octanol–water partition coefficient (Wildman–Crippen LogP) is 0.197. The molecule has 10 heteroatoms. The zero-order valence-electron chi connectivity index (χ0n) is 15.0. The Morgan fingerprint density at radius 2 is 2.11 bits per heavy atom. The number of carbonyl (C=O) groups is 2. The predicted molar refractivity (Wildman–Crippen MR) is 94.1 cm³/mol. The highest BCUT2D eigenvalue weighted by atomic mass is 32.2. The molecule has 1 atom stereocenters. The van der Waals surface area contributed by atoms with E-state index in [0.717, 1.165) is 25.3 Å². The molecule has 0 radical (unpaired) electrons. The summed E-state index contributed by atoms with van der Waals surface area (Å²) in [6.45, 7) is 1.78. The molecule has 8 nitrogen and oxygen atoms in total. The number of ether oxygens (including phenoxy) is 1. The van der Waals surface area contributed by atoms with Crippen molar-refractivity contribution in [3.8, 4) is 0 Å². The Labute approximate surface area is 157 Å². The largest absolute Gasteiger partial charge is 0.465 e. The van der Waals surface area contributed by atoms with Crippen molar-refractivity contribution >= 4 is 21.9 Å². The Kier molecular flexibility index (Phi) is 5.78. The first-order chi connectivity index (χ1) is 12.8. The molecule has 0 spiro atoms. The highest BCUT2D eigenvalue weighted by Gasteiger charge is 2.37. The summed E-state index contributed by atoms with van der Waals surface area (Å²) in [7, 11) is -2.99. The lowest BCUT2D eigenvalue weighted by molar-refractivity contribution is -0.135. The van der Waals surface area contributed by atoms with Gasteiger partial charge in [-0.25, -0.2) is 17.6 Å². The van der Waals surface area contributed by atoms with Gasteiger partial charge >= 0.3 is 5.97 Å². The maximum Gasteiger partial charge on any atom is 0.339 e.